The third-order valence-electron chi connectivity index (χ3n) is 4.90. The SMILES string of the molecule is O=C(c1cccc(Cl)c1)N1CCC(c2cc3cc(Cl)ccc3[nH]2)CC1. The molecule has 1 aromatic heterocycles. The molecule has 3 nitrogen and oxygen atoms in total. The third-order valence-corrected chi connectivity index (χ3v) is 5.37. The number of fused-ring (bicyclic) bond motifs is 1. The summed E-state index contributed by atoms with van der Waals surface area (Å²) in [6.45, 7) is 1.51. The molecule has 0 saturated carbocycles. The standard InChI is InChI=1S/C20H18Cl2N2O/c21-16-3-1-2-14(10-16)20(25)24-8-6-13(7-9-24)19-12-15-11-17(22)4-5-18(15)23-19/h1-5,10-13,23H,6-9H2. The number of rotatable bonds is 2. The number of hydrogen-bond acceptors (Lipinski definition) is 1. The molecule has 128 valence electrons. The number of aromatic amines is 1. The Kier molecular flexibility index (Phi) is 4.45. The number of benzene rings is 2. The van der Waals surface area contributed by atoms with Crippen molar-refractivity contribution in [2.75, 3.05) is 13.1 Å². The second-order valence-electron chi connectivity index (χ2n) is 6.53. The minimum Gasteiger partial charge on any atom is -0.358 e. The number of carbonyl (C=O) groups excluding carboxylic acids is 1. The molecule has 1 amide bonds. The lowest BCUT2D eigenvalue weighted by Crippen LogP contribution is -2.38. The number of halogens is 2. The van der Waals surface area contributed by atoms with Gasteiger partial charge in [-0.2, -0.15) is 0 Å². The summed E-state index contributed by atoms with van der Waals surface area (Å²) in [7, 11) is 0. The van der Waals surface area contributed by atoms with Crippen LogP contribution in [-0.4, -0.2) is 28.9 Å². The quantitative estimate of drug-likeness (QED) is 0.633. The van der Waals surface area contributed by atoms with Gasteiger partial charge in [-0.1, -0.05) is 29.3 Å². The lowest BCUT2D eigenvalue weighted by Gasteiger charge is -2.31. The van der Waals surface area contributed by atoms with Crippen LogP contribution < -0.4 is 0 Å². The van der Waals surface area contributed by atoms with Gasteiger partial charge >= 0.3 is 0 Å². The Labute approximate surface area is 156 Å². The van der Waals surface area contributed by atoms with E-state index in [0.717, 1.165) is 41.9 Å². The van der Waals surface area contributed by atoms with E-state index < -0.39 is 0 Å². The van der Waals surface area contributed by atoms with Gasteiger partial charge in [0.2, 0.25) is 0 Å². The first-order valence-electron chi connectivity index (χ1n) is 8.43. The van der Waals surface area contributed by atoms with Crippen LogP contribution in [0.5, 0.6) is 0 Å². The van der Waals surface area contributed by atoms with Crippen LogP contribution in [0.15, 0.2) is 48.5 Å². The van der Waals surface area contributed by atoms with E-state index in [0.29, 0.717) is 16.5 Å². The number of nitrogens with one attached hydrogen (secondary N) is 1. The number of hydrogen-bond donors (Lipinski definition) is 1. The van der Waals surface area contributed by atoms with Gasteiger partial charge < -0.3 is 9.88 Å². The molecule has 0 unspecified atom stereocenters. The first kappa shape index (κ1) is 16.5. The molecule has 3 aromatic rings. The van der Waals surface area contributed by atoms with Gasteiger partial charge in [0.05, 0.1) is 0 Å². The van der Waals surface area contributed by atoms with Crippen LogP contribution in [0.4, 0.5) is 0 Å². The highest BCUT2D eigenvalue weighted by molar-refractivity contribution is 6.31. The first-order chi connectivity index (χ1) is 12.1. The number of carbonyl (C=O) groups is 1. The zero-order valence-electron chi connectivity index (χ0n) is 13.6. The molecule has 0 bridgehead atoms. The molecule has 0 radical (unpaired) electrons. The summed E-state index contributed by atoms with van der Waals surface area (Å²) in [6.07, 6.45) is 1.90. The van der Waals surface area contributed by atoms with Gasteiger partial charge in [-0.15, -0.1) is 0 Å². The van der Waals surface area contributed by atoms with Crippen molar-refractivity contribution >= 4 is 40.0 Å². The number of piperidine rings is 1. The van der Waals surface area contributed by atoms with Crippen LogP contribution in [0.1, 0.15) is 34.8 Å². The van der Waals surface area contributed by atoms with Crippen molar-refractivity contribution in [1.82, 2.24) is 9.88 Å². The third kappa shape index (κ3) is 3.39. The molecule has 25 heavy (non-hydrogen) atoms. The Morgan fingerprint density at radius 3 is 2.52 bits per heavy atom. The van der Waals surface area contributed by atoms with Crippen LogP contribution in [0.2, 0.25) is 10.0 Å². The molecule has 1 N–H and O–H groups in total. The lowest BCUT2D eigenvalue weighted by atomic mass is 9.93. The van der Waals surface area contributed by atoms with Gasteiger partial charge in [0.15, 0.2) is 0 Å². The molecular weight excluding hydrogens is 355 g/mol. The van der Waals surface area contributed by atoms with Crippen molar-refractivity contribution in [2.24, 2.45) is 0 Å². The van der Waals surface area contributed by atoms with Crippen LogP contribution in [0.3, 0.4) is 0 Å². The second kappa shape index (κ2) is 6.74. The smallest absolute Gasteiger partial charge is 0.253 e. The molecular formula is C20H18Cl2N2O. The van der Waals surface area contributed by atoms with E-state index in [9.17, 15) is 4.79 Å². The maximum absolute atomic E-state index is 12.6. The van der Waals surface area contributed by atoms with Crippen molar-refractivity contribution < 1.29 is 4.79 Å². The van der Waals surface area contributed by atoms with E-state index in [-0.39, 0.29) is 5.91 Å². The van der Waals surface area contributed by atoms with E-state index in [4.69, 9.17) is 23.2 Å². The average molecular weight is 373 g/mol. The maximum atomic E-state index is 12.6. The average Bonchev–Trinajstić information content (AvgIpc) is 3.04. The highest BCUT2D eigenvalue weighted by Gasteiger charge is 2.25. The van der Waals surface area contributed by atoms with Crippen molar-refractivity contribution in [2.45, 2.75) is 18.8 Å². The van der Waals surface area contributed by atoms with Crippen molar-refractivity contribution in [3.63, 3.8) is 0 Å². The monoisotopic (exact) mass is 372 g/mol. The van der Waals surface area contributed by atoms with E-state index in [1.807, 2.05) is 35.2 Å². The minimum absolute atomic E-state index is 0.0596. The molecule has 0 aliphatic carbocycles. The van der Waals surface area contributed by atoms with E-state index in [1.54, 1.807) is 12.1 Å². The fraction of sp³-hybridized carbons (Fsp3) is 0.250. The molecule has 0 spiro atoms. The summed E-state index contributed by atoms with van der Waals surface area (Å²) in [5.74, 6) is 0.499. The van der Waals surface area contributed by atoms with E-state index in [1.165, 1.54) is 5.69 Å². The number of amides is 1. The van der Waals surface area contributed by atoms with Crippen LogP contribution >= 0.6 is 23.2 Å². The Bertz CT molecular complexity index is 926. The van der Waals surface area contributed by atoms with Crippen molar-refractivity contribution in [1.29, 1.82) is 0 Å². The Balaban J connectivity index is 1.46. The van der Waals surface area contributed by atoms with E-state index in [2.05, 4.69) is 11.1 Å². The Hall–Kier alpha value is -1.97. The van der Waals surface area contributed by atoms with Crippen LogP contribution in [0.25, 0.3) is 10.9 Å². The number of H-pyrrole nitrogens is 1. The summed E-state index contributed by atoms with van der Waals surface area (Å²) in [6, 6.07) is 15.2. The predicted molar refractivity (Wildman–Crippen MR) is 103 cm³/mol. The van der Waals surface area contributed by atoms with Crippen LogP contribution in [0, 0.1) is 0 Å². The predicted octanol–water partition coefficient (Wildman–Crippen LogP) is 5.49. The topological polar surface area (TPSA) is 36.1 Å². The van der Waals surface area contributed by atoms with Gasteiger partial charge in [0.25, 0.3) is 5.91 Å². The van der Waals surface area contributed by atoms with Crippen molar-refractivity contribution in [3.05, 3.63) is 69.8 Å². The van der Waals surface area contributed by atoms with Gasteiger partial charge in [-0.3, -0.25) is 4.79 Å². The fourth-order valence-corrected chi connectivity index (χ4v) is 3.91. The summed E-state index contributed by atoms with van der Waals surface area (Å²) < 4.78 is 0. The normalized spacial score (nSPS) is 15.7. The van der Waals surface area contributed by atoms with Crippen LogP contribution in [-0.2, 0) is 0 Å². The zero-order chi connectivity index (χ0) is 17.4. The summed E-state index contributed by atoms with van der Waals surface area (Å²) in [4.78, 5) is 18.0. The van der Waals surface area contributed by atoms with Gasteiger partial charge in [-0.05, 0) is 55.3 Å². The lowest BCUT2D eigenvalue weighted by molar-refractivity contribution is 0.0712. The summed E-state index contributed by atoms with van der Waals surface area (Å²) >= 11 is 12.1. The fourth-order valence-electron chi connectivity index (χ4n) is 3.54. The maximum Gasteiger partial charge on any atom is 0.253 e. The van der Waals surface area contributed by atoms with E-state index >= 15 is 0 Å². The minimum atomic E-state index is 0.0596. The largest absolute Gasteiger partial charge is 0.358 e. The Morgan fingerprint density at radius 2 is 1.76 bits per heavy atom. The number of nitrogens with zero attached hydrogens (tertiary/aromatic N) is 1. The molecule has 1 fully saturated rings. The molecule has 2 aromatic carbocycles. The molecule has 1 aliphatic heterocycles. The Morgan fingerprint density at radius 1 is 1.00 bits per heavy atom. The van der Waals surface area contributed by atoms with Gasteiger partial charge in [0.1, 0.15) is 0 Å². The molecule has 2 heterocycles. The molecule has 1 aliphatic rings. The highest BCUT2D eigenvalue weighted by atomic mass is 35.5. The van der Waals surface area contributed by atoms with Gasteiger partial charge in [-0.25, -0.2) is 0 Å². The van der Waals surface area contributed by atoms with Gasteiger partial charge in [0, 0.05) is 51.2 Å². The first-order valence-corrected chi connectivity index (χ1v) is 9.19. The molecule has 0 atom stereocenters. The zero-order valence-corrected chi connectivity index (χ0v) is 15.1. The summed E-state index contributed by atoms with van der Waals surface area (Å²) in [5.41, 5.74) is 3.00. The number of likely N-dealkylation sites (tertiary alicyclic amines) is 1. The van der Waals surface area contributed by atoms with Crippen molar-refractivity contribution in [3.8, 4) is 0 Å². The number of aromatic nitrogens is 1. The second-order valence-corrected chi connectivity index (χ2v) is 7.41. The summed E-state index contributed by atoms with van der Waals surface area (Å²) in [5, 5.41) is 2.48. The highest BCUT2D eigenvalue weighted by Crippen LogP contribution is 2.31. The molecule has 1 saturated heterocycles. The molecule has 4 rings (SSSR count). The molecule has 5 heteroatoms.